The highest BCUT2D eigenvalue weighted by atomic mass is 32.1. The highest BCUT2D eigenvalue weighted by Crippen LogP contribution is 2.13. The Morgan fingerprint density at radius 3 is 2.50 bits per heavy atom. The summed E-state index contributed by atoms with van der Waals surface area (Å²) in [5.74, 6) is 5.07. The van der Waals surface area contributed by atoms with Gasteiger partial charge in [-0.2, -0.15) is 8.75 Å². The SMILES string of the molecule is NC(=O)c1ccc(C#CCNC(=O)c2ccc3nsnc3c2)cc1. The van der Waals surface area contributed by atoms with Gasteiger partial charge in [0.2, 0.25) is 5.91 Å². The molecule has 0 spiro atoms. The third kappa shape index (κ3) is 3.56. The molecule has 0 saturated heterocycles. The van der Waals surface area contributed by atoms with Crippen molar-refractivity contribution in [3.05, 3.63) is 59.2 Å². The third-order valence-corrected chi connectivity index (χ3v) is 3.81. The Morgan fingerprint density at radius 2 is 1.75 bits per heavy atom. The molecule has 0 unspecified atom stereocenters. The van der Waals surface area contributed by atoms with Gasteiger partial charge in [-0.25, -0.2) is 0 Å². The molecule has 2 amide bonds. The van der Waals surface area contributed by atoms with Crippen molar-refractivity contribution >= 4 is 34.6 Å². The second-order valence-corrected chi connectivity index (χ2v) is 5.42. The van der Waals surface area contributed by atoms with Gasteiger partial charge in [-0.05, 0) is 42.5 Å². The first-order valence-corrected chi connectivity index (χ1v) is 7.76. The minimum Gasteiger partial charge on any atom is -0.366 e. The molecule has 0 saturated carbocycles. The quantitative estimate of drug-likeness (QED) is 0.709. The van der Waals surface area contributed by atoms with Gasteiger partial charge in [-0.15, -0.1) is 0 Å². The van der Waals surface area contributed by atoms with E-state index in [-0.39, 0.29) is 12.5 Å². The summed E-state index contributed by atoms with van der Waals surface area (Å²) in [6.07, 6.45) is 0. The van der Waals surface area contributed by atoms with Crippen LogP contribution in [0.3, 0.4) is 0 Å². The fraction of sp³-hybridized carbons (Fsp3) is 0.0588. The zero-order valence-corrected chi connectivity index (χ0v) is 13.3. The minimum atomic E-state index is -0.478. The zero-order valence-electron chi connectivity index (χ0n) is 12.4. The van der Waals surface area contributed by atoms with Crippen LogP contribution in [0, 0.1) is 11.8 Å². The van der Waals surface area contributed by atoms with Crippen molar-refractivity contribution in [1.82, 2.24) is 14.1 Å². The average molecular weight is 336 g/mol. The highest BCUT2D eigenvalue weighted by molar-refractivity contribution is 7.00. The summed E-state index contributed by atoms with van der Waals surface area (Å²) in [5, 5.41) is 2.72. The molecular weight excluding hydrogens is 324 g/mol. The lowest BCUT2D eigenvalue weighted by molar-refractivity contribution is 0.0957. The molecule has 3 N–H and O–H groups in total. The third-order valence-electron chi connectivity index (χ3n) is 3.26. The van der Waals surface area contributed by atoms with Crippen LogP contribution in [0.4, 0.5) is 0 Å². The first kappa shape index (κ1) is 15.6. The Kier molecular flexibility index (Phi) is 4.50. The summed E-state index contributed by atoms with van der Waals surface area (Å²) < 4.78 is 8.20. The topological polar surface area (TPSA) is 98.0 Å². The second kappa shape index (κ2) is 6.89. The second-order valence-electron chi connectivity index (χ2n) is 4.89. The van der Waals surface area contributed by atoms with Crippen molar-refractivity contribution in [2.45, 2.75) is 0 Å². The highest BCUT2D eigenvalue weighted by Gasteiger charge is 2.06. The van der Waals surface area contributed by atoms with Gasteiger partial charge in [0.15, 0.2) is 0 Å². The number of carbonyl (C=O) groups is 2. The van der Waals surface area contributed by atoms with E-state index >= 15 is 0 Å². The van der Waals surface area contributed by atoms with Crippen LogP contribution in [0.25, 0.3) is 11.0 Å². The van der Waals surface area contributed by atoms with E-state index in [4.69, 9.17) is 5.73 Å². The number of aromatic nitrogens is 2. The Bertz CT molecular complexity index is 967. The first-order chi connectivity index (χ1) is 11.6. The molecule has 0 bridgehead atoms. The summed E-state index contributed by atoms with van der Waals surface area (Å²) in [6, 6.07) is 11.8. The first-order valence-electron chi connectivity index (χ1n) is 7.03. The van der Waals surface area contributed by atoms with Gasteiger partial charge in [0.05, 0.1) is 18.3 Å². The molecule has 118 valence electrons. The number of nitrogens with one attached hydrogen (secondary N) is 1. The van der Waals surface area contributed by atoms with Crippen LogP contribution in [0.2, 0.25) is 0 Å². The molecule has 0 aliphatic rings. The Balaban J connectivity index is 1.59. The molecule has 0 atom stereocenters. The molecule has 3 aromatic rings. The number of benzene rings is 2. The molecule has 0 aliphatic heterocycles. The summed E-state index contributed by atoms with van der Waals surface area (Å²) in [4.78, 5) is 23.0. The van der Waals surface area contributed by atoms with Crippen LogP contribution in [0.5, 0.6) is 0 Å². The molecule has 24 heavy (non-hydrogen) atoms. The van der Waals surface area contributed by atoms with E-state index in [1.807, 2.05) is 0 Å². The van der Waals surface area contributed by atoms with Crippen molar-refractivity contribution in [1.29, 1.82) is 0 Å². The van der Waals surface area contributed by atoms with Gasteiger partial charge in [-0.1, -0.05) is 11.8 Å². The van der Waals surface area contributed by atoms with Gasteiger partial charge in [0.25, 0.3) is 5.91 Å². The number of hydrogen-bond acceptors (Lipinski definition) is 5. The maximum Gasteiger partial charge on any atom is 0.252 e. The van der Waals surface area contributed by atoms with Gasteiger partial charge >= 0.3 is 0 Å². The fourth-order valence-corrected chi connectivity index (χ4v) is 2.53. The Hall–Kier alpha value is -3.24. The average Bonchev–Trinajstić information content (AvgIpc) is 3.06. The number of carbonyl (C=O) groups excluding carboxylic acids is 2. The number of primary amides is 1. The molecule has 0 aliphatic carbocycles. The molecule has 0 radical (unpaired) electrons. The summed E-state index contributed by atoms with van der Waals surface area (Å²) >= 11 is 1.11. The Labute approximate surface area is 142 Å². The number of nitrogens with zero attached hydrogens (tertiary/aromatic N) is 2. The van der Waals surface area contributed by atoms with Gasteiger partial charge in [-0.3, -0.25) is 9.59 Å². The van der Waals surface area contributed by atoms with Crippen molar-refractivity contribution in [3.63, 3.8) is 0 Å². The predicted molar refractivity (Wildman–Crippen MR) is 91.6 cm³/mol. The normalized spacial score (nSPS) is 10.0. The number of amides is 2. The van der Waals surface area contributed by atoms with Crippen molar-refractivity contribution in [2.24, 2.45) is 5.73 Å². The molecule has 0 fully saturated rings. The lowest BCUT2D eigenvalue weighted by Gasteiger charge is -2.00. The lowest BCUT2D eigenvalue weighted by Crippen LogP contribution is -2.23. The molecular formula is C17H12N4O2S. The van der Waals surface area contributed by atoms with E-state index in [9.17, 15) is 9.59 Å². The van der Waals surface area contributed by atoms with Crippen molar-refractivity contribution in [2.75, 3.05) is 6.54 Å². The smallest absolute Gasteiger partial charge is 0.252 e. The largest absolute Gasteiger partial charge is 0.366 e. The van der Waals surface area contributed by atoms with Crippen LogP contribution >= 0.6 is 11.7 Å². The fourth-order valence-electron chi connectivity index (χ4n) is 2.01. The van der Waals surface area contributed by atoms with Crippen LogP contribution in [-0.2, 0) is 0 Å². The van der Waals surface area contributed by atoms with E-state index in [0.717, 1.165) is 22.8 Å². The Morgan fingerprint density at radius 1 is 1.04 bits per heavy atom. The predicted octanol–water partition coefficient (Wildman–Crippen LogP) is 1.57. The van der Waals surface area contributed by atoms with Crippen molar-refractivity contribution < 1.29 is 9.59 Å². The molecule has 7 heteroatoms. The number of rotatable bonds is 3. The van der Waals surface area contributed by atoms with Gasteiger partial charge < -0.3 is 11.1 Å². The standard InChI is InChI=1S/C17H12N4O2S/c18-16(22)12-5-3-11(4-6-12)2-1-9-19-17(23)13-7-8-14-15(10-13)21-24-20-14/h3-8,10H,9H2,(H2,18,22)(H,19,23). The van der Waals surface area contributed by atoms with Crippen LogP contribution < -0.4 is 11.1 Å². The molecule has 2 aromatic carbocycles. The van der Waals surface area contributed by atoms with E-state index in [0.29, 0.717) is 16.6 Å². The molecule has 1 heterocycles. The maximum atomic E-state index is 12.1. The number of hydrogen-bond donors (Lipinski definition) is 2. The van der Waals surface area contributed by atoms with Crippen LogP contribution in [-0.4, -0.2) is 27.1 Å². The number of fused-ring (bicyclic) bond motifs is 1. The molecule has 6 nitrogen and oxygen atoms in total. The zero-order chi connectivity index (χ0) is 16.9. The summed E-state index contributed by atoms with van der Waals surface area (Å²) in [5.41, 5.74) is 8.34. The summed E-state index contributed by atoms with van der Waals surface area (Å²) in [7, 11) is 0. The van der Waals surface area contributed by atoms with E-state index < -0.39 is 5.91 Å². The summed E-state index contributed by atoms with van der Waals surface area (Å²) in [6.45, 7) is 0.212. The molecule has 3 rings (SSSR count). The van der Waals surface area contributed by atoms with E-state index in [1.165, 1.54) is 0 Å². The van der Waals surface area contributed by atoms with E-state index in [1.54, 1.807) is 42.5 Å². The maximum absolute atomic E-state index is 12.1. The van der Waals surface area contributed by atoms with Gasteiger partial charge in [0.1, 0.15) is 11.0 Å². The van der Waals surface area contributed by atoms with Gasteiger partial charge in [0, 0.05) is 16.7 Å². The minimum absolute atomic E-state index is 0.212. The van der Waals surface area contributed by atoms with Crippen LogP contribution in [0.1, 0.15) is 26.3 Å². The monoisotopic (exact) mass is 336 g/mol. The van der Waals surface area contributed by atoms with Crippen molar-refractivity contribution in [3.8, 4) is 11.8 Å². The van der Waals surface area contributed by atoms with Crippen LogP contribution in [0.15, 0.2) is 42.5 Å². The lowest BCUT2D eigenvalue weighted by atomic mass is 10.1. The van der Waals surface area contributed by atoms with E-state index in [2.05, 4.69) is 25.9 Å². The number of nitrogens with two attached hydrogens (primary N) is 1. The molecule has 1 aromatic heterocycles.